The summed E-state index contributed by atoms with van der Waals surface area (Å²) >= 11 is 0. The van der Waals surface area contributed by atoms with Gasteiger partial charge in [-0.15, -0.1) is 0 Å². The fourth-order valence-electron chi connectivity index (χ4n) is 4.23. The van der Waals surface area contributed by atoms with Crippen LogP contribution in [0.5, 0.6) is 11.5 Å². The minimum atomic E-state index is -0.767. The zero-order valence-electron chi connectivity index (χ0n) is 20.1. The number of amides is 1. The van der Waals surface area contributed by atoms with E-state index < -0.39 is 23.5 Å². The number of rotatable bonds is 9. The Balaban J connectivity index is 1.69. The third-order valence-corrected chi connectivity index (χ3v) is 5.87. The molecule has 1 atom stereocenters. The van der Waals surface area contributed by atoms with Crippen molar-refractivity contribution in [2.75, 3.05) is 13.7 Å². The van der Waals surface area contributed by atoms with Crippen molar-refractivity contribution >= 4 is 17.4 Å². The number of benzene rings is 2. The third kappa shape index (κ3) is 5.21. The van der Waals surface area contributed by atoms with Gasteiger partial charge in [0, 0.05) is 18.5 Å². The normalized spacial score (nSPS) is 17.3. The van der Waals surface area contributed by atoms with Crippen molar-refractivity contribution in [2.45, 2.75) is 39.0 Å². The molecule has 1 saturated heterocycles. The second-order valence-electron chi connectivity index (χ2n) is 8.64. The predicted octanol–water partition coefficient (Wildman–Crippen LogP) is 2.41. The summed E-state index contributed by atoms with van der Waals surface area (Å²) in [5.74, 6) is -0.595. The Hall–Kier alpha value is -4.07. The van der Waals surface area contributed by atoms with Gasteiger partial charge in [0.25, 0.3) is 5.91 Å². The lowest BCUT2D eigenvalue weighted by molar-refractivity contribution is -0.695. The molecular weight excluding hydrogens is 446 g/mol. The smallest absolute Gasteiger partial charge is 0.295 e. The van der Waals surface area contributed by atoms with Gasteiger partial charge >= 0.3 is 0 Å². The molecule has 1 amide bonds. The first-order valence-electron chi connectivity index (χ1n) is 11.6. The number of aromatic nitrogens is 2. The Morgan fingerprint density at radius 2 is 1.77 bits per heavy atom. The molecule has 0 saturated carbocycles. The van der Waals surface area contributed by atoms with Crippen molar-refractivity contribution in [3.63, 3.8) is 0 Å². The number of carbonyl (C=O) groups excluding carboxylic acids is 2. The van der Waals surface area contributed by atoms with Crippen LogP contribution in [0.1, 0.15) is 37.4 Å². The van der Waals surface area contributed by atoms with E-state index in [0.717, 1.165) is 0 Å². The Morgan fingerprint density at radius 1 is 1.09 bits per heavy atom. The number of ketones is 1. The van der Waals surface area contributed by atoms with Crippen molar-refractivity contribution in [1.82, 2.24) is 9.88 Å². The minimum Gasteiger partial charge on any atom is -0.872 e. The van der Waals surface area contributed by atoms with E-state index >= 15 is 0 Å². The fraction of sp³-hybridized carbons (Fsp3) is 0.296. The quantitative estimate of drug-likeness (QED) is 0.222. The maximum absolute atomic E-state index is 13.5. The Kier molecular flexibility index (Phi) is 7.19. The topological polar surface area (TPSA) is 98.6 Å². The summed E-state index contributed by atoms with van der Waals surface area (Å²) in [7, 11) is 1.57. The first kappa shape index (κ1) is 24.1. The van der Waals surface area contributed by atoms with Crippen molar-refractivity contribution in [2.24, 2.45) is 0 Å². The minimum absolute atomic E-state index is 0.00241. The molecule has 0 radical (unpaired) electrons. The average molecular weight is 476 g/mol. The van der Waals surface area contributed by atoms with E-state index in [2.05, 4.69) is 4.98 Å². The fourth-order valence-corrected chi connectivity index (χ4v) is 4.23. The number of H-pyrrole nitrogens is 1. The van der Waals surface area contributed by atoms with Crippen molar-refractivity contribution in [3.8, 4) is 11.5 Å². The molecule has 4 rings (SSSR count). The molecule has 2 aromatic carbocycles. The number of hydrogen-bond acceptors (Lipinski definition) is 5. The number of Topliss-reactive ketones (excluding diaryl/α,β-unsaturated/α-hetero) is 1. The maximum atomic E-state index is 13.5. The molecule has 8 heteroatoms. The summed E-state index contributed by atoms with van der Waals surface area (Å²) in [5.41, 5.74) is 0.981. The van der Waals surface area contributed by atoms with E-state index in [4.69, 9.17) is 9.47 Å². The summed E-state index contributed by atoms with van der Waals surface area (Å²) < 4.78 is 12.9. The molecule has 1 aliphatic rings. The van der Waals surface area contributed by atoms with Crippen LogP contribution in [0, 0.1) is 0 Å². The highest BCUT2D eigenvalue weighted by Crippen LogP contribution is 2.39. The van der Waals surface area contributed by atoms with Gasteiger partial charge in [-0.05, 0) is 49.2 Å². The van der Waals surface area contributed by atoms with Crippen molar-refractivity contribution in [3.05, 3.63) is 84.0 Å². The van der Waals surface area contributed by atoms with E-state index in [1.807, 2.05) is 37.1 Å². The Labute approximate surface area is 204 Å². The summed E-state index contributed by atoms with van der Waals surface area (Å²) in [6.07, 6.45) is 6.15. The zero-order chi connectivity index (χ0) is 24.9. The van der Waals surface area contributed by atoms with E-state index in [1.165, 1.54) is 4.90 Å². The van der Waals surface area contributed by atoms with Gasteiger partial charge in [0.05, 0.1) is 25.8 Å². The van der Waals surface area contributed by atoms with E-state index in [1.54, 1.807) is 55.6 Å². The van der Waals surface area contributed by atoms with Gasteiger partial charge in [0.15, 0.2) is 0 Å². The first-order chi connectivity index (χ1) is 16.9. The molecule has 1 aromatic heterocycles. The number of methoxy groups -OCH3 is 1. The number of nitrogens with zero attached hydrogens (tertiary/aromatic N) is 2. The van der Waals surface area contributed by atoms with Gasteiger partial charge in [0.2, 0.25) is 12.1 Å². The highest BCUT2D eigenvalue weighted by Gasteiger charge is 2.43. The lowest BCUT2D eigenvalue weighted by atomic mass is 9.95. The van der Waals surface area contributed by atoms with Crippen LogP contribution in [-0.2, 0) is 16.1 Å². The maximum Gasteiger partial charge on any atom is 0.295 e. The number of hydrogen-bond donors (Lipinski definition) is 1. The lowest BCUT2D eigenvalue weighted by Crippen LogP contribution is -2.36. The highest BCUT2D eigenvalue weighted by atomic mass is 16.5. The number of likely N-dealkylation sites (tertiary alicyclic amines) is 1. The molecule has 1 N–H and O–H groups in total. The van der Waals surface area contributed by atoms with E-state index in [0.29, 0.717) is 42.1 Å². The van der Waals surface area contributed by atoms with Crippen LogP contribution in [0.4, 0.5) is 0 Å². The monoisotopic (exact) mass is 475 g/mol. The summed E-state index contributed by atoms with van der Waals surface area (Å²) in [5, 5.41) is 13.5. The SMILES string of the molecule is COc1ccc(C2/C(=C(\[O-])c3ccc(OC(C)C)cc3)C(=O)C(=O)N2CCC[n+]2cc[nH]c2)cc1. The van der Waals surface area contributed by atoms with Gasteiger partial charge in [-0.1, -0.05) is 30.0 Å². The van der Waals surface area contributed by atoms with E-state index in [9.17, 15) is 14.7 Å². The largest absolute Gasteiger partial charge is 0.872 e. The summed E-state index contributed by atoms with van der Waals surface area (Å²) in [4.78, 5) is 30.7. The van der Waals surface area contributed by atoms with Crippen LogP contribution in [0.25, 0.3) is 5.76 Å². The first-order valence-corrected chi connectivity index (χ1v) is 11.6. The number of nitrogens with one attached hydrogen (secondary N) is 1. The molecule has 0 aliphatic carbocycles. The molecule has 8 nitrogen and oxygen atoms in total. The standard InChI is InChI=1S/C27H29N3O5/c1-18(2)35-22-11-7-20(8-12-22)25(31)23-24(19-5-9-21(34-3)10-6-19)30(27(33)26(23)32)15-4-14-29-16-13-28-17-29/h5-13,16-18,24H,4,14-15H2,1-3H3,(H,31,32). The predicted molar refractivity (Wildman–Crippen MR) is 127 cm³/mol. The molecule has 182 valence electrons. The van der Waals surface area contributed by atoms with Gasteiger partial charge < -0.3 is 19.5 Å². The molecule has 1 aliphatic heterocycles. The molecule has 35 heavy (non-hydrogen) atoms. The number of ether oxygens (including phenoxy) is 2. The second-order valence-corrected chi connectivity index (χ2v) is 8.64. The van der Waals surface area contributed by atoms with Gasteiger partial charge in [-0.3, -0.25) is 14.6 Å². The number of carbonyl (C=O) groups is 2. The number of imidazole rings is 1. The van der Waals surface area contributed by atoms with Crippen molar-refractivity contribution in [1.29, 1.82) is 0 Å². The zero-order valence-corrected chi connectivity index (χ0v) is 20.1. The molecule has 2 heterocycles. The Bertz CT molecular complexity index is 1200. The second kappa shape index (κ2) is 10.5. The summed E-state index contributed by atoms with van der Waals surface area (Å²) in [6.45, 7) is 4.83. The van der Waals surface area contributed by atoms with Crippen LogP contribution < -0.4 is 19.1 Å². The van der Waals surface area contributed by atoms with Crippen molar-refractivity contribution < 1.29 is 28.7 Å². The molecule has 1 unspecified atom stereocenters. The van der Waals surface area contributed by atoms with E-state index in [-0.39, 0.29) is 11.7 Å². The molecule has 3 aromatic rings. The van der Waals surface area contributed by atoms with Crippen LogP contribution in [0.2, 0.25) is 0 Å². The number of aromatic amines is 1. The molecular formula is C27H29N3O5. The van der Waals surface area contributed by atoms with Crippen LogP contribution in [-0.4, -0.2) is 41.3 Å². The van der Waals surface area contributed by atoms with Crippen LogP contribution in [0.15, 0.2) is 72.8 Å². The van der Waals surface area contributed by atoms with Gasteiger partial charge in [-0.25, -0.2) is 4.57 Å². The van der Waals surface area contributed by atoms with Crippen LogP contribution in [0.3, 0.4) is 0 Å². The average Bonchev–Trinajstić information content (AvgIpc) is 3.46. The van der Waals surface area contributed by atoms with Crippen LogP contribution >= 0.6 is 0 Å². The van der Waals surface area contributed by atoms with Gasteiger partial charge in [-0.2, -0.15) is 0 Å². The molecule has 1 fully saturated rings. The van der Waals surface area contributed by atoms with Gasteiger partial charge in [0.1, 0.15) is 23.9 Å². The highest BCUT2D eigenvalue weighted by molar-refractivity contribution is 6.46. The number of aryl methyl sites for hydroxylation is 1. The third-order valence-electron chi connectivity index (χ3n) is 5.87. The Morgan fingerprint density at radius 3 is 2.37 bits per heavy atom. The molecule has 0 spiro atoms. The lowest BCUT2D eigenvalue weighted by Gasteiger charge is -2.27. The summed E-state index contributed by atoms with van der Waals surface area (Å²) in [6, 6.07) is 13.0. The molecule has 0 bridgehead atoms.